The second-order valence-electron chi connectivity index (χ2n) is 3.62. The summed E-state index contributed by atoms with van der Waals surface area (Å²) in [6.45, 7) is 0. The van der Waals surface area contributed by atoms with Gasteiger partial charge in [0.2, 0.25) is 0 Å². The van der Waals surface area contributed by atoms with Gasteiger partial charge in [0.25, 0.3) is 0 Å². The van der Waals surface area contributed by atoms with Crippen molar-refractivity contribution < 1.29 is 84.8 Å². The fourth-order valence-electron chi connectivity index (χ4n) is 1.16. The molecule has 0 heterocycles. The van der Waals surface area contributed by atoms with Crippen molar-refractivity contribution in [1.29, 1.82) is 0 Å². The van der Waals surface area contributed by atoms with E-state index in [1.165, 1.54) is 24.3 Å². The smallest absolute Gasteiger partial charge is 0.744 e. The van der Waals surface area contributed by atoms with E-state index in [-0.39, 0.29) is 68.6 Å². The van der Waals surface area contributed by atoms with Gasteiger partial charge >= 0.3 is 51.4 Å². The van der Waals surface area contributed by atoms with Gasteiger partial charge in [-0.2, -0.15) is 0 Å². The summed E-state index contributed by atoms with van der Waals surface area (Å²) in [6, 6.07) is 8.40. The third-order valence-electron chi connectivity index (χ3n) is 2.06. The van der Waals surface area contributed by atoms with Gasteiger partial charge in [0.1, 0.15) is 33.1 Å². The van der Waals surface area contributed by atoms with Crippen LogP contribution in [-0.2, 0) is 10.1 Å². The van der Waals surface area contributed by atoms with Crippen LogP contribution in [0.15, 0.2) is 47.4 Å². The van der Waals surface area contributed by atoms with E-state index in [4.69, 9.17) is 20.4 Å². The fraction of sp³-hybridized carbons (Fsp3) is 0. The Balaban J connectivity index is 0.000000390. The van der Waals surface area contributed by atoms with Gasteiger partial charge in [-0.25, -0.2) is 8.42 Å². The molecule has 0 saturated heterocycles. The molecule has 2 rings (SSSR count). The Kier molecular flexibility index (Phi) is 8.25. The van der Waals surface area contributed by atoms with E-state index in [9.17, 15) is 13.0 Å². The predicted octanol–water partition coefficient (Wildman–Crippen LogP) is -1.90. The van der Waals surface area contributed by atoms with Crippen LogP contribution in [0.1, 0.15) is 0 Å². The van der Waals surface area contributed by atoms with Crippen molar-refractivity contribution in [2.24, 2.45) is 0 Å². The molecule has 9 heteroatoms. The maximum atomic E-state index is 10.4. The number of phenolic OH excluding ortho intramolecular Hbond substituents is 4. The van der Waals surface area contributed by atoms with Gasteiger partial charge in [0.15, 0.2) is 0 Å². The van der Waals surface area contributed by atoms with Crippen molar-refractivity contribution in [1.82, 2.24) is 0 Å². The summed E-state index contributed by atoms with van der Waals surface area (Å²) in [4.78, 5) is -0.817. The van der Waals surface area contributed by atoms with Crippen LogP contribution in [0, 0.1) is 0 Å². The number of rotatable bonds is 1. The van der Waals surface area contributed by atoms with E-state index in [1.54, 1.807) is 0 Å². The van der Waals surface area contributed by atoms with Crippen molar-refractivity contribution in [3.8, 4) is 23.0 Å². The molecule has 0 spiro atoms. The van der Waals surface area contributed by atoms with Crippen LogP contribution in [0.4, 0.5) is 0 Å². The number of hydrogen-bond donors (Lipinski definition) is 4. The second kappa shape index (κ2) is 8.59. The summed E-state index contributed by atoms with van der Waals surface area (Å²) in [5.41, 5.74) is 0. The Morgan fingerprint density at radius 3 is 1.48 bits per heavy atom. The maximum absolute atomic E-state index is 10.4. The average Bonchev–Trinajstić information content (AvgIpc) is 2.35. The van der Waals surface area contributed by atoms with Crippen molar-refractivity contribution >= 4 is 10.1 Å². The zero-order valence-corrected chi connectivity index (χ0v) is 14.9. The topological polar surface area (TPSA) is 138 Å². The van der Waals surface area contributed by atoms with Crippen molar-refractivity contribution in [3.63, 3.8) is 0 Å². The summed E-state index contributed by atoms with van der Waals surface area (Å²) in [6.07, 6.45) is 0. The Bertz CT molecular complexity index is 662. The number of hydrogen-bond acceptors (Lipinski definition) is 7. The molecule has 0 atom stereocenters. The molecule has 21 heavy (non-hydrogen) atoms. The van der Waals surface area contributed by atoms with Gasteiger partial charge in [0, 0.05) is 6.07 Å². The summed E-state index contributed by atoms with van der Waals surface area (Å²) in [7, 11) is -4.72. The molecular formula is C12H11KO7S. The minimum Gasteiger partial charge on any atom is -0.744 e. The standard InChI is InChI=1S/C6H6O5S.C6H6O2.K/c7-4-1-2-5(8)6(3-4)12(9,10)11;7-5-1-2-6(8)4-3-5;/h1-3,7-8H,(H,9,10,11);1-4,7-8H;/q;;+1/p-1. The molecule has 0 radical (unpaired) electrons. The monoisotopic (exact) mass is 338 g/mol. The molecule has 4 N–H and O–H groups in total. The molecule has 0 aliphatic heterocycles. The molecule has 0 saturated carbocycles. The van der Waals surface area contributed by atoms with Crippen LogP contribution in [0.3, 0.4) is 0 Å². The minimum atomic E-state index is -4.72. The maximum Gasteiger partial charge on any atom is 1.00 e. The first kappa shape index (κ1) is 20.2. The summed E-state index contributed by atoms with van der Waals surface area (Å²) in [5, 5.41) is 35.0. The van der Waals surface area contributed by atoms with E-state index in [0.717, 1.165) is 12.1 Å². The average molecular weight is 338 g/mol. The van der Waals surface area contributed by atoms with E-state index < -0.39 is 20.8 Å². The predicted molar refractivity (Wildman–Crippen MR) is 67.5 cm³/mol. The molecule has 0 aromatic heterocycles. The first-order valence-electron chi connectivity index (χ1n) is 5.16. The molecule has 2 aromatic rings. The first-order valence-corrected chi connectivity index (χ1v) is 6.57. The van der Waals surface area contributed by atoms with E-state index in [2.05, 4.69) is 0 Å². The van der Waals surface area contributed by atoms with Crippen LogP contribution in [0.5, 0.6) is 23.0 Å². The molecule has 108 valence electrons. The van der Waals surface area contributed by atoms with Crippen LogP contribution < -0.4 is 51.4 Å². The molecule has 0 aliphatic carbocycles. The van der Waals surface area contributed by atoms with E-state index >= 15 is 0 Å². The third kappa shape index (κ3) is 7.13. The van der Waals surface area contributed by atoms with Crippen molar-refractivity contribution in [2.45, 2.75) is 4.90 Å². The fourth-order valence-corrected chi connectivity index (χ4v) is 1.74. The number of aromatic hydroxyl groups is 4. The zero-order chi connectivity index (χ0) is 15.3. The van der Waals surface area contributed by atoms with Crippen LogP contribution >= 0.6 is 0 Å². The minimum absolute atomic E-state index is 0. The summed E-state index contributed by atoms with van der Waals surface area (Å²) in [5.74, 6) is -0.712. The Morgan fingerprint density at radius 1 is 0.762 bits per heavy atom. The van der Waals surface area contributed by atoms with Gasteiger partial charge in [-0.05, 0) is 36.4 Å². The Hall–Kier alpha value is -0.814. The largest absolute Gasteiger partial charge is 1.00 e. The van der Waals surface area contributed by atoms with Gasteiger partial charge in [-0.1, -0.05) is 0 Å². The molecule has 0 bridgehead atoms. The Morgan fingerprint density at radius 2 is 1.14 bits per heavy atom. The molecule has 0 unspecified atom stereocenters. The molecule has 0 amide bonds. The summed E-state index contributed by atoms with van der Waals surface area (Å²) < 4.78 is 31.1. The normalized spacial score (nSPS) is 9.95. The first-order chi connectivity index (χ1) is 9.20. The molecule has 0 fully saturated rings. The number of benzene rings is 2. The quantitative estimate of drug-likeness (QED) is 0.271. The van der Waals surface area contributed by atoms with Gasteiger partial charge in [-0.3, -0.25) is 0 Å². The number of phenols is 4. The van der Waals surface area contributed by atoms with E-state index in [0.29, 0.717) is 6.07 Å². The molecule has 0 aliphatic rings. The second-order valence-corrected chi connectivity index (χ2v) is 4.97. The van der Waals surface area contributed by atoms with Crippen LogP contribution in [0.2, 0.25) is 0 Å². The molecule has 7 nitrogen and oxygen atoms in total. The SMILES string of the molecule is O=S(=O)([O-])c1cc(O)ccc1O.Oc1ccc(O)cc1.[K+]. The molecular weight excluding hydrogens is 327 g/mol. The van der Waals surface area contributed by atoms with E-state index in [1.807, 2.05) is 0 Å². The summed E-state index contributed by atoms with van der Waals surface area (Å²) >= 11 is 0. The van der Waals surface area contributed by atoms with Crippen LogP contribution in [0.25, 0.3) is 0 Å². The van der Waals surface area contributed by atoms with Crippen molar-refractivity contribution in [2.75, 3.05) is 0 Å². The van der Waals surface area contributed by atoms with Gasteiger partial charge < -0.3 is 25.0 Å². The zero-order valence-electron chi connectivity index (χ0n) is 11.0. The molecule has 2 aromatic carbocycles. The third-order valence-corrected chi connectivity index (χ3v) is 2.93. The van der Waals surface area contributed by atoms with Crippen molar-refractivity contribution in [3.05, 3.63) is 42.5 Å². The van der Waals surface area contributed by atoms with Gasteiger partial charge in [-0.15, -0.1) is 0 Å². The Labute approximate surface area is 163 Å². The van der Waals surface area contributed by atoms with Gasteiger partial charge in [0.05, 0.1) is 4.90 Å². The van der Waals surface area contributed by atoms with Crippen LogP contribution in [-0.4, -0.2) is 33.4 Å².